The fourth-order valence-corrected chi connectivity index (χ4v) is 4.10. The highest BCUT2D eigenvalue weighted by Crippen LogP contribution is 2.39. The summed E-state index contributed by atoms with van der Waals surface area (Å²) in [6.45, 7) is 0. The van der Waals surface area contributed by atoms with E-state index >= 15 is 0 Å². The lowest BCUT2D eigenvalue weighted by molar-refractivity contribution is 0.283. The van der Waals surface area contributed by atoms with Gasteiger partial charge in [-0.25, -0.2) is 9.97 Å². The van der Waals surface area contributed by atoms with Crippen molar-refractivity contribution in [3.63, 3.8) is 0 Å². The number of H-pyrrole nitrogens is 2. The van der Waals surface area contributed by atoms with E-state index in [-0.39, 0.29) is 0 Å². The minimum Gasteiger partial charge on any atom is -0.346 e. The second kappa shape index (κ2) is 5.91. The largest absolute Gasteiger partial charge is 0.346 e. The van der Waals surface area contributed by atoms with Crippen LogP contribution in [0.1, 0.15) is 38.1 Å². The molecule has 0 unspecified atom stereocenters. The molecule has 0 radical (unpaired) electrons. The van der Waals surface area contributed by atoms with Crippen molar-refractivity contribution >= 4 is 22.1 Å². The number of nitriles is 1. The number of imidazole rings is 1. The van der Waals surface area contributed by atoms with Crippen molar-refractivity contribution in [2.24, 2.45) is 5.92 Å². The van der Waals surface area contributed by atoms with Crippen molar-refractivity contribution < 1.29 is 0 Å². The van der Waals surface area contributed by atoms with Gasteiger partial charge in [0.15, 0.2) is 5.82 Å². The Morgan fingerprint density at radius 3 is 2.92 bits per heavy atom. The number of nitrogens with one attached hydrogen (secondary N) is 2. The van der Waals surface area contributed by atoms with Gasteiger partial charge < -0.3 is 9.55 Å². The summed E-state index contributed by atoms with van der Waals surface area (Å²) in [5, 5.41) is 24.5. The van der Waals surface area contributed by atoms with Gasteiger partial charge in [-0.05, 0) is 42.9 Å². The molecule has 9 heteroatoms. The van der Waals surface area contributed by atoms with Gasteiger partial charge in [0.05, 0.1) is 17.8 Å². The molecule has 0 aromatic carbocycles. The van der Waals surface area contributed by atoms with Gasteiger partial charge in [-0.3, -0.25) is 0 Å². The highest BCUT2D eigenvalue weighted by atomic mass is 15.5. The van der Waals surface area contributed by atoms with E-state index in [0.29, 0.717) is 30.0 Å². The zero-order chi connectivity index (χ0) is 17.5. The molecule has 0 aliphatic heterocycles. The normalized spacial score (nSPS) is 20.6. The number of hydrogen-bond acceptors (Lipinski definition) is 6. The zero-order valence-electron chi connectivity index (χ0n) is 14.1. The molecule has 4 aromatic heterocycles. The molecule has 26 heavy (non-hydrogen) atoms. The molecule has 1 aliphatic rings. The van der Waals surface area contributed by atoms with Gasteiger partial charge in [-0.15, -0.1) is 10.2 Å². The minimum absolute atomic E-state index is 0.295. The van der Waals surface area contributed by atoms with Gasteiger partial charge in [-0.2, -0.15) is 10.5 Å². The lowest BCUT2D eigenvalue weighted by atomic mass is 9.84. The Bertz CT molecular complexity index is 1090. The van der Waals surface area contributed by atoms with Crippen LogP contribution in [0.5, 0.6) is 0 Å². The van der Waals surface area contributed by atoms with Crippen molar-refractivity contribution in [2.75, 3.05) is 0 Å². The van der Waals surface area contributed by atoms with Crippen molar-refractivity contribution in [1.82, 2.24) is 40.1 Å². The van der Waals surface area contributed by atoms with Crippen LogP contribution >= 0.6 is 0 Å². The maximum Gasteiger partial charge on any atom is 0.240 e. The molecule has 0 bridgehead atoms. The summed E-state index contributed by atoms with van der Waals surface area (Å²) in [6.07, 6.45) is 8.44. The van der Waals surface area contributed by atoms with Crippen LogP contribution in [0.2, 0.25) is 0 Å². The van der Waals surface area contributed by atoms with Crippen molar-refractivity contribution in [3.8, 4) is 17.7 Å². The standard InChI is InChI=1S/C17H17N9/c18-7-5-10-1-3-11(4-2-10)26-14-12-6-8-19-15(12)20-9-13(14)21-17(26)16-22-24-25-23-16/h6,8-11H,1-5H2,(H,19,20)(H,22,23,24,25). The molecule has 4 aromatic rings. The van der Waals surface area contributed by atoms with E-state index in [9.17, 15) is 0 Å². The van der Waals surface area contributed by atoms with Gasteiger partial charge in [-0.1, -0.05) is 0 Å². The average Bonchev–Trinajstić information content (AvgIpc) is 3.40. The molecule has 5 rings (SSSR count). The van der Waals surface area contributed by atoms with Gasteiger partial charge in [0.2, 0.25) is 5.82 Å². The molecule has 0 spiro atoms. The van der Waals surface area contributed by atoms with Crippen LogP contribution in [0.25, 0.3) is 33.7 Å². The van der Waals surface area contributed by atoms with Gasteiger partial charge in [0, 0.05) is 24.0 Å². The summed E-state index contributed by atoms with van der Waals surface area (Å²) in [7, 11) is 0. The van der Waals surface area contributed by atoms with Crippen LogP contribution in [0.15, 0.2) is 18.5 Å². The van der Waals surface area contributed by atoms with Crippen LogP contribution in [0.3, 0.4) is 0 Å². The topological polar surface area (TPSA) is 125 Å². The molecule has 1 fully saturated rings. The summed E-state index contributed by atoms with van der Waals surface area (Å²) in [4.78, 5) is 12.4. The molecule has 2 N–H and O–H groups in total. The van der Waals surface area contributed by atoms with E-state index in [0.717, 1.165) is 47.8 Å². The van der Waals surface area contributed by atoms with E-state index in [4.69, 9.17) is 10.2 Å². The lowest BCUT2D eigenvalue weighted by Gasteiger charge is -2.29. The molecule has 0 amide bonds. The minimum atomic E-state index is 0.295. The van der Waals surface area contributed by atoms with Crippen LogP contribution in [0.4, 0.5) is 0 Å². The molecule has 9 nitrogen and oxygen atoms in total. The summed E-state index contributed by atoms with van der Waals surface area (Å²) < 4.78 is 2.25. The first-order chi connectivity index (χ1) is 12.8. The summed E-state index contributed by atoms with van der Waals surface area (Å²) in [5.74, 6) is 1.70. The maximum absolute atomic E-state index is 8.97. The molecule has 1 saturated carbocycles. The molecule has 1 aliphatic carbocycles. The lowest BCUT2D eigenvalue weighted by Crippen LogP contribution is -2.19. The quantitative estimate of drug-likeness (QED) is 0.587. The van der Waals surface area contributed by atoms with Crippen LogP contribution < -0.4 is 0 Å². The number of hydrogen-bond donors (Lipinski definition) is 2. The van der Waals surface area contributed by atoms with Crippen molar-refractivity contribution in [2.45, 2.75) is 38.1 Å². The average molecular weight is 347 g/mol. The first-order valence-electron chi connectivity index (χ1n) is 8.80. The van der Waals surface area contributed by atoms with E-state index in [1.54, 1.807) is 6.20 Å². The highest BCUT2D eigenvalue weighted by Gasteiger charge is 2.28. The SMILES string of the molecule is N#CCC1CCC(n2c(-c3nn[nH]n3)nc3cnc4[nH]ccc4c32)CC1. The zero-order valence-corrected chi connectivity index (χ0v) is 14.1. The van der Waals surface area contributed by atoms with Crippen LogP contribution in [-0.4, -0.2) is 40.1 Å². The van der Waals surface area contributed by atoms with E-state index in [1.165, 1.54) is 0 Å². The molecular formula is C17H17N9. The predicted molar refractivity (Wildman–Crippen MR) is 93.8 cm³/mol. The number of aromatic amines is 2. The number of tetrazole rings is 1. The molecular weight excluding hydrogens is 330 g/mol. The number of pyridine rings is 1. The number of rotatable bonds is 3. The predicted octanol–water partition coefficient (Wildman–Crippen LogP) is 2.74. The second-order valence-electron chi connectivity index (χ2n) is 6.81. The first-order valence-corrected chi connectivity index (χ1v) is 8.80. The Kier molecular flexibility index (Phi) is 3.41. The molecule has 4 heterocycles. The molecule has 0 saturated heterocycles. The fourth-order valence-electron chi connectivity index (χ4n) is 4.10. The fraction of sp³-hybridized carbons (Fsp3) is 0.412. The maximum atomic E-state index is 8.97. The number of aromatic nitrogens is 8. The number of fused-ring (bicyclic) bond motifs is 3. The molecule has 130 valence electrons. The van der Waals surface area contributed by atoms with Crippen molar-refractivity contribution in [3.05, 3.63) is 18.5 Å². The molecule has 0 atom stereocenters. The monoisotopic (exact) mass is 347 g/mol. The Labute approximate surface area is 148 Å². The Morgan fingerprint density at radius 2 is 2.15 bits per heavy atom. The summed E-state index contributed by atoms with van der Waals surface area (Å²) in [6, 6.07) is 4.63. The van der Waals surface area contributed by atoms with E-state index in [1.807, 2.05) is 12.3 Å². The Balaban J connectivity index is 1.68. The Morgan fingerprint density at radius 1 is 1.27 bits per heavy atom. The Hall–Kier alpha value is -3.28. The third-order valence-corrected chi connectivity index (χ3v) is 5.34. The van der Waals surface area contributed by atoms with Crippen LogP contribution in [0, 0.1) is 17.2 Å². The summed E-state index contributed by atoms with van der Waals surface area (Å²) in [5.41, 5.74) is 2.73. The summed E-state index contributed by atoms with van der Waals surface area (Å²) >= 11 is 0. The third-order valence-electron chi connectivity index (χ3n) is 5.34. The van der Waals surface area contributed by atoms with Gasteiger partial charge >= 0.3 is 0 Å². The van der Waals surface area contributed by atoms with Gasteiger partial charge in [0.25, 0.3) is 0 Å². The first kappa shape index (κ1) is 15.0. The second-order valence-corrected chi connectivity index (χ2v) is 6.81. The van der Waals surface area contributed by atoms with E-state index < -0.39 is 0 Å². The highest BCUT2D eigenvalue weighted by molar-refractivity contribution is 6.02. The third kappa shape index (κ3) is 2.26. The van der Waals surface area contributed by atoms with Crippen LogP contribution in [-0.2, 0) is 0 Å². The van der Waals surface area contributed by atoms with E-state index in [2.05, 4.69) is 41.2 Å². The van der Waals surface area contributed by atoms with Gasteiger partial charge in [0.1, 0.15) is 11.2 Å². The smallest absolute Gasteiger partial charge is 0.240 e. The van der Waals surface area contributed by atoms with Crippen molar-refractivity contribution in [1.29, 1.82) is 5.26 Å². The number of nitrogens with zero attached hydrogens (tertiary/aromatic N) is 7.